The fourth-order valence-electron chi connectivity index (χ4n) is 9.77. The number of allylic oxidation sites excluding steroid dienone is 1. The third kappa shape index (κ3) is 55.3. The van der Waals surface area contributed by atoms with Gasteiger partial charge in [-0.15, -0.1) is 0 Å². The van der Waals surface area contributed by atoms with Crippen molar-refractivity contribution >= 4 is 19.7 Å². The van der Waals surface area contributed by atoms with Gasteiger partial charge in [-0.25, -0.2) is 4.57 Å². The monoisotopic (exact) mass is 1050 g/mol. The van der Waals surface area contributed by atoms with E-state index < -0.39 is 20.0 Å². The van der Waals surface area contributed by atoms with Crippen LogP contribution in [0.1, 0.15) is 329 Å². The summed E-state index contributed by atoms with van der Waals surface area (Å²) in [4.78, 5) is 37.7. The quantitative estimate of drug-likeness (QED) is 0.0205. The molecular weight excluding hydrogens is 928 g/mol. The number of amides is 1. The Bertz CT molecular complexity index is 1260. The molecule has 0 radical (unpaired) electrons. The van der Waals surface area contributed by atoms with Gasteiger partial charge >= 0.3 is 13.8 Å². The van der Waals surface area contributed by atoms with Crippen molar-refractivity contribution in [1.29, 1.82) is 0 Å². The Hall–Kier alpha value is -1.25. The summed E-state index contributed by atoms with van der Waals surface area (Å²) in [7, 11) is 1.52. The largest absolute Gasteiger partial charge is 0.472 e. The number of unbranched alkanes of at least 4 members (excludes halogenated alkanes) is 43. The van der Waals surface area contributed by atoms with Crippen molar-refractivity contribution in [2.45, 2.75) is 341 Å². The second kappa shape index (κ2) is 54.1. The maximum Gasteiger partial charge on any atom is 0.472 e. The van der Waals surface area contributed by atoms with Gasteiger partial charge in [-0.1, -0.05) is 297 Å². The topological polar surface area (TPSA) is 111 Å². The average Bonchev–Trinajstić information content (AvgIpc) is 3.35. The number of phosphoric acid groups is 1. The van der Waals surface area contributed by atoms with Crippen LogP contribution in [-0.4, -0.2) is 74.3 Å². The SMILES string of the molecule is CCCCCCCCCCC/C=C/C(OC(=O)CCCCCCCCCCCCCCCCCCCCC)C(COP(=O)(O)OCC[N+](C)(C)C)NC(=O)CCCCCCCCCCCCCCCCCCC. The molecule has 3 unspecified atom stereocenters. The molecule has 434 valence electrons. The lowest BCUT2D eigenvalue weighted by atomic mass is 10.0. The molecule has 0 spiro atoms. The minimum atomic E-state index is -4.44. The van der Waals surface area contributed by atoms with E-state index in [0.717, 1.165) is 57.8 Å². The summed E-state index contributed by atoms with van der Waals surface area (Å²) in [5.41, 5.74) is 0. The number of nitrogens with one attached hydrogen (secondary N) is 1. The van der Waals surface area contributed by atoms with E-state index in [2.05, 4.69) is 26.1 Å². The van der Waals surface area contributed by atoms with Gasteiger partial charge < -0.3 is 19.4 Å². The number of likely N-dealkylation sites (N-methyl/N-ethyl adjacent to an activating group) is 1. The number of ether oxygens (including phenoxy) is 1. The third-order valence-electron chi connectivity index (χ3n) is 14.7. The lowest BCUT2D eigenvalue weighted by Gasteiger charge is -2.27. The fourth-order valence-corrected chi connectivity index (χ4v) is 10.5. The van der Waals surface area contributed by atoms with Gasteiger partial charge in [0.1, 0.15) is 19.3 Å². The molecule has 10 heteroatoms. The summed E-state index contributed by atoms with van der Waals surface area (Å²) in [5, 5.41) is 3.07. The Labute approximate surface area is 454 Å². The highest BCUT2D eigenvalue weighted by atomic mass is 31.2. The van der Waals surface area contributed by atoms with Crippen molar-refractivity contribution < 1.29 is 37.3 Å². The smallest absolute Gasteiger partial charge is 0.456 e. The van der Waals surface area contributed by atoms with Crippen LogP contribution in [0.2, 0.25) is 0 Å². The first-order chi connectivity index (χ1) is 35.4. The molecule has 73 heavy (non-hydrogen) atoms. The number of esters is 1. The number of hydrogen-bond acceptors (Lipinski definition) is 6. The minimum Gasteiger partial charge on any atom is -0.456 e. The number of carbonyl (C=O) groups excluding carboxylic acids is 2. The Balaban J connectivity index is 5.14. The van der Waals surface area contributed by atoms with Gasteiger partial charge in [-0.05, 0) is 31.8 Å². The van der Waals surface area contributed by atoms with E-state index in [-0.39, 0.29) is 25.1 Å². The first kappa shape index (κ1) is 71.8. The molecule has 1 amide bonds. The van der Waals surface area contributed by atoms with Crippen LogP contribution in [0.5, 0.6) is 0 Å². The molecule has 0 aliphatic carbocycles. The zero-order valence-corrected chi connectivity index (χ0v) is 50.6. The molecular formula is C63H126N2O7P+. The van der Waals surface area contributed by atoms with Gasteiger partial charge in [0.05, 0.1) is 33.8 Å². The molecule has 0 bridgehead atoms. The summed E-state index contributed by atoms with van der Waals surface area (Å²) in [6.45, 7) is 7.07. The van der Waals surface area contributed by atoms with Crippen molar-refractivity contribution in [3.63, 3.8) is 0 Å². The molecule has 0 saturated carbocycles. The van der Waals surface area contributed by atoms with Crippen LogP contribution in [0.3, 0.4) is 0 Å². The Morgan fingerprint density at radius 2 is 0.781 bits per heavy atom. The van der Waals surface area contributed by atoms with Crippen LogP contribution >= 0.6 is 7.82 Å². The van der Waals surface area contributed by atoms with Crippen LogP contribution in [0.15, 0.2) is 12.2 Å². The Kier molecular flexibility index (Phi) is 53.2. The first-order valence-electron chi connectivity index (χ1n) is 32.0. The Morgan fingerprint density at radius 3 is 1.12 bits per heavy atom. The number of hydrogen-bond donors (Lipinski definition) is 2. The summed E-state index contributed by atoms with van der Waals surface area (Å²) < 4.78 is 30.7. The maximum absolute atomic E-state index is 13.5. The third-order valence-corrected chi connectivity index (χ3v) is 15.7. The molecule has 0 heterocycles. The maximum atomic E-state index is 13.5. The van der Waals surface area contributed by atoms with E-state index in [1.165, 1.54) is 238 Å². The predicted molar refractivity (Wildman–Crippen MR) is 314 cm³/mol. The highest BCUT2D eigenvalue weighted by Gasteiger charge is 2.30. The first-order valence-corrected chi connectivity index (χ1v) is 33.5. The molecule has 0 rings (SSSR count). The van der Waals surface area contributed by atoms with E-state index in [1.807, 2.05) is 33.3 Å². The molecule has 3 atom stereocenters. The molecule has 0 aromatic rings. The van der Waals surface area contributed by atoms with Crippen molar-refractivity contribution in [1.82, 2.24) is 5.32 Å². The second-order valence-electron chi connectivity index (χ2n) is 23.3. The number of quaternary nitrogens is 1. The number of nitrogens with zero attached hydrogens (tertiary/aromatic N) is 1. The van der Waals surface area contributed by atoms with Gasteiger partial charge in [0.15, 0.2) is 0 Å². The van der Waals surface area contributed by atoms with Crippen LogP contribution in [0.4, 0.5) is 0 Å². The van der Waals surface area contributed by atoms with E-state index in [9.17, 15) is 19.0 Å². The van der Waals surface area contributed by atoms with Gasteiger partial charge in [0.25, 0.3) is 0 Å². The van der Waals surface area contributed by atoms with E-state index in [1.54, 1.807) is 0 Å². The number of phosphoric ester groups is 1. The predicted octanol–water partition coefficient (Wildman–Crippen LogP) is 19.6. The summed E-state index contributed by atoms with van der Waals surface area (Å²) in [6.07, 6.45) is 62.1. The van der Waals surface area contributed by atoms with Crippen molar-refractivity contribution in [2.75, 3.05) is 40.9 Å². The molecule has 2 N–H and O–H groups in total. The van der Waals surface area contributed by atoms with Crippen molar-refractivity contribution in [3.05, 3.63) is 12.2 Å². The normalized spacial score (nSPS) is 13.7. The number of carbonyl (C=O) groups is 2. The highest BCUT2D eigenvalue weighted by Crippen LogP contribution is 2.43. The van der Waals surface area contributed by atoms with E-state index >= 15 is 0 Å². The van der Waals surface area contributed by atoms with Gasteiger partial charge in [-0.2, -0.15) is 0 Å². The molecule has 0 aromatic heterocycles. The van der Waals surface area contributed by atoms with Crippen LogP contribution in [-0.2, 0) is 27.9 Å². The Morgan fingerprint density at radius 1 is 0.466 bits per heavy atom. The lowest BCUT2D eigenvalue weighted by Crippen LogP contribution is -2.47. The molecule has 0 aromatic carbocycles. The van der Waals surface area contributed by atoms with Crippen LogP contribution < -0.4 is 5.32 Å². The summed E-state index contributed by atoms with van der Waals surface area (Å²) in [5.74, 6) is -0.482. The minimum absolute atomic E-state index is 0.0457. The van der Waals surface area contributed by atoms with E-state index in [0.29, 0.717) is 23.9 Å². The fraction of sp³-hybridized carbons (Fsp3) is 0.937. The average molecular weight is 1050 g/mol. The van der Waals surface area contributed by atoms with Gasteiger partial charge in [-0.3, -0.25) is 18.6 Å². The summed E-state index contributed by atoms with van der Waals surface area (Å²) in [6, 6.07) is -0.839. The standard InChI is InChI=1S/C63H125N2O7P/c1-7-10-13-16-19-22-25-27-29-31-32-34-36-38-41-44-47-50-53-56-63(67)72-61(54-51-48-45-42-39-24-21-18-15-12-9-3)60(59-71-73(68,69)70-58-57-65(4,5)6)64-62(66)55-52-49-46-43-40-37-35-33-30-28-26-23-20-17-14-11-8-2/h51,54,60-61H,7-50,52-53,55-59H2,1-6H3,(H-,64,66,68,69)/p+1/b54-51+. The van der Waals surface area contributed by atoms with Crippen LogP contribution in [0, 0.1) is 0 Å². The summed E-state index contributed by atoms with van der Waals surface area (Å²) >= 11 is 0. The molecule has 0 saturated heterocycles. The van der Waals surface area contributed by atoms with Gasteiger partial charge in [0, 0.05) is 12.8 Å². The lowest BCUT2D eigenvalue weighted by molar-refractivity contribution is -0.870. The van der Waals surface area contributed by atoms with Crippen molar-refractivity contribution in [2.24, 2.45) is 0 Å². The number of rotatable bonds is 59. The second-order valence-corrected chi connectivity index (χ2v) is 24.8. The molecule has 0 aliphatic rings. The molecule has 0 aliphatic heterocycles. The molecule has 0 fully saturated rings. The van der Waals surface area contributed by atoms with Crippen LogP contribution in [0.25, 0.3) is 0 Å². The molecule has 9 nitrogen and oxygen atoms in total. The zero-order chi connectivity index (χ0) is 53.6. The van der Waals surface area contributed by atoms with E-state index in [4.69, 9.17) is 13.8 Å². The zero-order valence-electron chi connectivity index (χ0n) is 49.7. The highest BCUT2D eigenvalue weighted by molar-refractivity contribution is 7.47. The van der Waals surface area contributed by atoms with Gasteiger partial charge in [0.2, 0.25) is 5.91 Å². The van der Waals surface area contributed by atoms with Crippen molar-refractivity contribution in [3.8, 4) is 0 Å².